The van der Waals surface area contributed by atoms with Crippen LogP contribution < -0.4 is 16.4 Å². The number of nitrogen functional groups attached to an aromatic ring is 1. The average Bonchev–Trinajstić information content (AvgIpc) is 2.27. The van der Waals surface area contributed by atoms with Gasteiger partial charge in [-0.3, -0.25) is 4.79 Å². The van der Waals surface area contributed by atoms with Crippen LogP contribution in [0, 0.1) is 0 Å². The normalized spacial score (nSPS) is 9.81. The predicted molar refractivity (Wildman–Crippen MR) is 62.0 cm³/mol. The van der Waals surface area contributed by atoms with Crippen molar-refractivity contribution in [2.75, 3.05) is 37.9 Å². The van der Waals surface area contributed by atoms with E-state index in [4.69, 9.17) is 5.73 Å². The van der Waals surface area contributed by atoms with Gasteiger partial charge in [-0.25, -0.2) is 4.98 Å². The number of aromatic nitrogens is 1. The van der Waals surface area contributed by atoms with Gasteiger partial charge in [0, 0.05) is 20.2 Å². The molecule has 4 N–H and O–H groups in total. The maximum Gasteiger partial charge on any atom is 0.246 e. The molecule has 0 bridgehead atoms. The molecule has 0 saturated carbocycles. The van der Waals surface area contributed by atoms with E-state index in [9.17, 15) is 4.79 Å². The minimum Gasteiger partial charge on any atom is -0.397 e. The van der Waals surface area contributed by atoms with Crippen LogP contribution in [0.3, 0.4) is 0 Å². The molecule has 0 saturated heterocycles. The van der Waals surface area contributed by atoms with E-state index in [1.807, 2.05) is 0 Å². The van der Waals surface area contributed by atoms with Gasteiger partial charge in [-0.1, -0.05) is 0 Å². The molecule has 0 aliphatic carbocycles. The Morgan fingerprint density at radius 2 is 2.31 bits per heavy atom. The quantitative estimate of drug-likeness (QED) is 0.584. The number of carbonyl (C=O) groups is 1. The van der Waals surface area contributed by atoms with Crippen molar-refractivity contribution < 1.29 is 9.53 Å². The van der Waals surface area contributed by atoms with Crippen molar-refractivity contribution in [3.8, 4) is 0 Å². The van der Waals surface area contributed by atoms with E-state index in [1.54, 1.807) is 18.3 Å². The lowest BCUT2D eigenvalue weighted by Gasteiger charge is -2.06. The molecule has 0 atom stereocenters. The van der Waals surface area contributed by atoms with Gasteiger partial charge in [-0.15, -0.1) is 0 Å². The second kappa shape index (κ2) is 6.62. The molecular weight excluding hydrogens is 208 g/mol. The van der Waals surface area contributed by atoms with Crippen molar-refractivity contribution >= 4 is 17.4 Å². The number of hydrogen-bond donors (Lipinski definition) is 3. The molecule has 0 aliphatic rings. The Balaban J connectivity index is 2.16. The van der Waals surface area contributed by atoms with Crippen LogP contribution in [-0.2, 0) is 9.53 Å². The largest absolute Gasteiger partial charge is 0.397 e. The molecule has 0 fully saturated rings. The second-order valence-electron chi connectivity index (χ2n) is 3.19. The molecule has 6 nitrogen and oxygen atoms in total. The Labute approximate surface area is 94.2 Å². The fourth-order valence-corrected chi connectivity index (χ4v) is 1.08. The van der Waals surface area contributed by atoms with Gasteiger partial charge in [-0.05, 0) is 12.1 Å². The highest BCUT2D eigenvalue weighted by atomic mass is 16.5. The highest BCUT2D eigenvalue weighted by molar-refractivity contribution is 5.77. The maximum atomic E-state index is 11.0. The Bertz CT molecular complexity index is 326. The lowest BCUT2D eigenvalue weighted by molar-refractivity contribution is -0.124. The van der Waals surface area contributed by atoms with Gasteiger partial charge in [0.15, 0.2) is 0 Å². The maximum absolute atomic E-state index is 11.0. The SMILES string of the molecule is COCC(=O)NCCNc1ccc(N)cn1. The molecule has 1 rings (SSSR count). The van der Waals surface area contributed by atoms with E-state index in [0.717, 1.165) is 5.82 Å². The number of rotatable bonds is 6. The third-order valence-electron chi connectivity index (χ3n) is 1.82. The zero-order valence-electron chi connectivity index (χ0n) is 9.19. The minimum atomic E-state index is -0.130. The minimum absolute atomic E-state index is 0.0835. The summed E-state index contributed by atoms with van der Waals surface area (Å²) in [7, 11) is 1.48. The topological polar surface area (TPSA) is 89.3 Å². The fraction of sp³-hybridized carbons (Fsp3) is 0.400. The van der Waals surface area contributed by atoms with Gasteiger partial charge < -0.3 is 21.1 Å². The number of nitrogens with two attached hydrogens (primary N) is 1. The molecule has 0 spiro atoms. The molecule has 88 valence electrons. The third-order valence-corrected chi connectivity index (χ3v) is 1.82. The van der Waals surface area contributed by atoms with Gasteiger partial charge in [0.25, 0.3) is 0 Å². The molecule has 1 amide bonds. The first kappa shape index (κ1) is 12.3. The average molecular weight is 224 g/mol. The summed E-state index contributed by atoms with van der Waals surface area (Å²) in [5.41, 5.74) is 6.12. The van der Waals surface area contributed by atoms with Crippen LogP contribution >= 0.6 is 0 Å². The van der Waals surface area contributed by atoms with E-state index in [-0.39, 0.29) is 12.5 Å². The summed E-state index contributed by atoms with van der Waals surface area (Å²) in [6, 6.07) is 3.55. The van der Waals surface area contributed by atoms with Crippen molar-refractivity contribution in [1.82, 2.24) is 10.3 Å². The monoisotopic (exact) mass is 224 g/mol. The van der Waals surface area contributed by atoms with Crippen molar-refractivity contribution in [2.24, 2.45) is 0 Å². The van der Waals surface area contributed by atoms with Crippen LogP contribution in [0.5, 0.6) is 0 Å². The molecule has 1 aromatic rings. The van der Waals surface area contributed by atoms with E-state index in [2.05, 4.69) is 20.4 Å². The van der Waals surface area contributed by atoms with E-state index < -0.39 is 0 Å². The molecule has 1 aromatic heterocycles. The first-order valence-corrected chi connectivity index (χ1v) is 4.93. The first-order valence-electron chi connectivity index (χ1n) is 4.93. The van der Waals surface area contributed by atoms with E-state index in [0.29, 0.717) is 18.8 Å². The summed E-state index contributed by atoms with van der Waals surface area (Å²) in [5, 5.41) is 5.73. The molecule has 0 aromatic carbocycles. The summed E-state index contributed by atoms with van der Waals surface area (Å²) >= 11 is 0. The summed E-state index contributed by atoms with van der Waals surface area (Å²) in [6.45, 7) is 1.21. The van der Waals surface area contributed by atoms with Crippen LogP contribution in [0.2, 0.25) is 0 Å². The van der Waals surface area contributed by atoms with Crippen molar-refractivity contribution in [3.63, 3.8) is 0 Å². The van der Waals surface area contributed by atoms with Crippen molar-refractivity contribution in [2.45, 2.75) is 0 Å². The van der Waals surface area contributed by atoms with Gasteiger partial charge in [0.1, 0.15) is 12.4 Å². The Kier molecular flexibility index (Phi) is 5.07. The lowest BCUT2D eigenvalue weighted by atomic mass is 10.4. The number of pyridine rings is 1. The second-order valence-corrected chi connectivity index (χ2v) is 3.19. The standard InChI is InChI=1S/C10H16N4O2/c1-16-7-10(15)13-5-4-12-9-3-2-8(11)6-14-9/h2-3,6H,4-5,7,11H2,1H3,(H,12,14)(H,13,15). The molecule has 16 heavy (non-hydrogen) atoms. The highest BCUT2D eigenvalue weighted by Gasteiger charge is 1.98. The van der Waals surface area contributed by atoms with Gasteiger partial charge in [0.05, 0.1) is 11.9 Å². The molecule has 6 heteroatoms. The number of carbonyl (C=O) groups excluding carboxylic acids is 1. The van der Waals surface area contributed by atoms with Gasteiger partial charge in [0.2, 0.25) is 5.91 Å². The molecular formula is C10H16N4O2. The van der Waals surface area contributed by atoms with Crippen LogP contribution in [0.4, 0.5) is 11.5 Å². The number of nitrogens with zero attached hydrogens (tertiary/aromatic N) is 1. The first-order chi connectivity index (χ1) is 7.72. The molecule has 0 unspecified atom stereocenters. The molecule has 0 aliphatic heterocycles. The third kappa shape index (κ3) is 4.61. The Hall–Kier alpha value is -1.82. The number of methoxy groups -OCH3 is 1. The predicted octanol–water partition coefficient (Wildman–Crippen LogP) is -0.162. The lowest BCUT2D eigenvalue weighted by Crippen LogP contribution is -2.31. The molecule has 1 heterocycles. The Morgan fingerprint density at radius 1 is 1.50 bits per heavy atom. The summed E-state index contributed by atoms with van der Waals surface area (Å²) in [4.78, 5) is 15.1. The van der Waals surface area contributed by atoms with E-state index in [1.165, 1.54) is 7.11 Å². The zero-order chi connectivity index (χ0) is 11.8. The Morgan fingerprint density at radius 3 is 2.94 bits per heavy atom. The van der Waals surface area contributed by atoms with Crippen LogP contribution in [0.25, 0.3) is 0 Å². The summed E-state index contributed by atoms with van der Waals surface area (Å²) in [6.07, 6.45) is 1.58. The van der Waals surface area contributed by atoms with Gasteiger partial charge >= 0.3 is 0 Å². The summed E-state index contributed by atoms with van der Waals surface area (Å²) < 4.78 is 4.67. The van der Waals surface area contributed by atoms with E-state index >= 15 is 0 Å². The summed E-state index contributed by atoms with van der Waals surface area (Å²) in [5.74, 6) is 0.602. The highest BCUT2D eigenvalue weighted by Crippen LogP contribution is 2.04. The van der Waals surface area contributed by atoms with Crippen molar-refractivity contribution in [1.29, 1.82) is 0 Å². The van der Waals surface area contributed by atoms with Gasteiger partial charge in [-0.2, -0.15) is 0 Å². The van der Waals surface area contributed by atoms with Crippen LogP contribution in [0.15, 0.2) is 18.3 Å². The number of ether oxygens (including phenoxy) is 1. The number of nitrogens with one attached hydrogen (secondary N) is 2. The number of anilines is 2. The zero-order valence-corrected chi connectivity index (χ0v) is 9.19. The fourth-order valence-electron chi connectivity index (χ4n) is 1.08. The van der Waals surface area contributed by atoms with Crippen LogP contribution in [-0.4, -0.2) is 37.7 Å². The number of amides is 1. The molecule has 0 radical (unpaired) electrons. The van der Waals surface area contributed by atoms with Crippen molar-refractivity contribution in [3.05, 3.63) is 18.3 Å². The van der Waals surface area contributed by atoms with Crippen LogP contribution in [0.1, 0.15) is 0 Å². The smallest absolute Gasteiger partial charge is 0.246 e. The number of hydrogen-bond acceptors (Lipinski definition) is 5.